The number of nitrogens with two attached hydrogens (primary N) is 1. The van der Waals surface area contributed by atoms with Gasteiger partial charge in [0.15, 0.2) is 0 Å². The summed E-state index contributed by atoms with van der Waals surface area (Å²) >= 11 is 5.94. The van der Waals surface area contributed by atoms with Gasteiger partial charge in [0.05, 0.1) is 6.61 Å². The number of nitrogens with one attached hydrogen (secondary N) is 1. The maximum absolute atomic E-state index is 7.40. The second-order valence-electron chi connectivity index (χ2n) is 4.18. The van der Waals surface area contributed by atoms with Crippen LogP contribution in [0.2, 0.25) is 5.02 Å². The summed E-state index contributed by atoms with van der Waals surface area (Å²) in [5.41, 5.74) is 6.63. The van der Waals surface area contributed by atoms with Gasteiger partial charge in [-0.2, -0.15) is 0 Å². The maximum atomic E-state index is 7.40. The van der Waals surface area contributed by atoms with E-state index in [0.29, 0.717) is 13.2 Å². The van der Waals surface area contributed by atoms with E-state index in [9.17, 15) is 0 Å². The van der Waals surface area contributed by atoms with Gasteiger partial charge in [0, 0.05) is 24.7 Å². The predicted molar refractivity (Wildman–Crippen MR) is 68.4 cm³/mol. The number of amidine groups is 1. The second kappa shape index (κ2) is 5.49. The van der Waals surface area contributed by atoms with Gasteiger partial charge in [-0.25, -0.2) is 0 Å². The lowest BCUT2D eigenvalue weighted by atomic mass is 10.2. The molecule has 1 aromatic carbocycles. The first-order chi connectivity index (χ1) is 8.15. The quantitative estimate of drug-likeness (QED) is 0.634. The number of hydrogen-bond donors (Lipinski definition) is 2. The van der Waals surface area contributed by atoms with Gasteiger partial charge in [-0.15, -0.1) is 0 Å². The first kappa shape index (κ1) is 12.4. The van der Waals surface area contributed by atoms with Crippen LogP contribution in [-0.4, -0.2) is 36.5 Å². The molecule has 1 aromatic rings. The SMILES string of the molecule is N=C(N)C1CN(Cc2cccc(Cl)c2)CCO1. The molecule has 0 spiro atoms. The van der Waals surface area contributed by atoms with Crippen molar-refractivity contribution in [3.05, 3.63) is 34.9 Å². The van der Waals surface area contributed by atoms with Gasteiger partial charge >= 0.3 is 0 Å². The molecule has 1 heterocycles. The standard InChI is InChI=1S/C12H16ClN3O/c13-10-3-1-2-9(6-10)7-16-4-5-17-11(8-16)12(14)15/h1-3,6,11H,4-5,7-8H2,(H3,14,15). The van der Waals surface area contributed by atoms with Crippen molar-refractivity contribution in [3.63, 3.8) is 0 Å². The van der Waals surface area contributed by atoms with Crippen LogP contribution in [0.5, 0.6) is 0 Å². The van der Waals surface area contributed by atoms with Crippen LogP contribution in [0, 0.1) is 5.41 Å². The Balaban J connectivity index is 1.97. The van der Waals surface area contributed by atoms with Crippen molar-refractivity contribution < 1.29 is 4.74 Å². The van der Waals surface area contributed by atoms with Crippen LogP contribution in [0.3, 0.4) is 0 Å². The fourth-order valence-corrected chi connectivity index (χ4v) is 2.14. The average Bonchev–Trinajstić information content (AvgIpc) is 2.29. The molecule has 0 bridgehead atoms. The summed E-state index contributed by atoms with van der Waals surface area (Å²) in [5, 5.41) is 8.15. The molecular weight excluding hydrogens is 238 g/mol. The lowest BCUT2D eigenvalue weighted by Gasteiger charge is -2.32. The third-order valence-corrected chi connectivity index (χ3v) is 3.03. The number of nitrogens with zero attached hydrogens (tertiary/aromatic N) is 1. The normalized spacial score (nSPS) is 21.4. The number of morpholine rings is 1. The zero-order valence-corrected chi connectivity index (χ0v) is 10.3. The largest absolute Gasteiger partial charge is 0.385 e. The fourth-order valence-electron chi connectivity index (χ4n) is 1.93. The first-order valence-corrected chi connectivity index (χ1v) is 5.95. The minimum Gasteiger partial charge on any atom is -0.385 e. The number of halogens is 1. The molecule has 1 fully saturated rings. The molecule has 2 rings (SSSR count). The van der Waals surface area contributed by atoms with E-state index in [1.165, 1.54) is 5.56 Å². The van der Waals surface area contributed by atoms with Crippen LogP contribution in [0.4, 0.5) is 0 Å². The number of ether oxygens (including phenoxy) is 1. The highest BCUT2D eigenvalue weighted by Crippen LogP contribution is 2.14. The highest BCUT2D eigenvalue weighted by Gasteiger charge is 2.22. The van der Waals surface area contributed by atoms with Gasteiger partial charge < -0.3 is 10.5 Å². The molecular formula is C12H16ClN3O. The highest BCUT2D eigenvalue weighted by molar-refractivity contribution is 6.30. The molecule has 1 atom stereocenters. The zero-order valence-electron chi connectivity index (χ0n) is 9.53. The highest BCUT2D eigenvalue weighted by atomic mass is 35.5. The lowest BCUT2D eigenvalue weighted by Crippen LogP contribution is -2.47. The summed E-state index contributed by atoms with van der Waals surface area (Å²) in [5.74, 6) is 0.0980. The molecule has 3 N–H and O–H groups in total. The molecule has 0 radical (unpaired) electrons. The van der Waals surface area contributed by atoms with Crippen molar-refractivity contribution in [2.45, 2.75) is 12.6 Å². The Bertz CT molecular complexity index is 410. The van der Waals surface area contributed by atoms with Crippen molar-refractivity contribution in [1.82, 2.24) is 4.90 Å². The van der Waals surface area contributed by atoms with E-state index in [-0.39, 0.29) is 11.9 Å². The Kier molecular flexibility index (Phi) is 3.99. The van der Waals surface area contributed by atoms with E-state index in [4.69, 9.17) is 27.5 Å². The molecule has 0 amide bonds. The average molecular weight is 254 g/mol. The van der Waals surface area contributed by atoms with Crippen LogP contribution in [0.25, 0.3) is 0 Å². The smallest absolute Gasteiger partial charge is 0.127 e. The predicted octanol–water partition coefficient (Wildman–Crippen LogP) is 1.48. The van der Waals surface area contributed by atoms with Crippen LogP contribution in [-0.2, 0) is 11.3 Å². The summed E-state index contributed by atoms with van der Waals surface area (Å²) in [7, 11) is 0. The summed E-state index contributed by atoms with van der Waals surface area (Å²) in [6.45, 7) is 2.96. The molecule has 1 aliphatic rings. The minimum absolute atomic E-state index is 0.0980. The minimum atomic E-state index is -0.275. The van der Waals surface area contributed by atoms with Gasteiger partial charge in [0.2, 0.25) is 0 Å². The summed E-state index contributed by atoms with van der Waals surface area (Å²) in [6.07, 6.45) is -0.275. The molecule has 1 aliphatic heterocycles. The van der Waals surface area contributed by atoms with Gasteiger partial charge in [-0.1, -0.05) is 23.7 Å². The molecule has 0 aliphatic carbocycles. The maximum Gasteiger partial charge on any atom is 0.127 e. The van der Waals surface area contributed by atoms with Gasteiger partial charge in [-0.05, 0) is 17.7 Å². The van der Waals surface area contributed by atoms with Gasteiger partial charge in [0.25, 0.3) is 0 Å². The fraction of sp³-hybridized carbons (Fsp3) is 0.417. The number of hydrogen-bond acceptors (Lipinski definition) is 3. The van der Waals surface area contributed by atoms with E-state index in [1.54, 1.807) is 0 Å². The topological polar surface area (TPSA) is 62.3 Å². The van der Waals surface area contributed by atoms with E-state index < -0.39 is 0 Å². The third-order valence-electron chi connectivity index (χ3n) is 2.79. The number of rotatable bonds is 3. The van der Waals surface area contributed by atoms with Crippen LogP contribution >= 0.6 is 11.6 Å². The molecule has 1 unspecified atom stereocenters. The molecule has 92 valence electrons. The third kappa shape index (κ3) is 3.43. The zero-order chi connectivity index (χ0) is 12.3. The van der Waals surface area contributed by atoms with Crippen molar-refractivity contribution >= 4 is 17.4 Å². The molecule has 0 aromatic heterocycles. The van der Waals surface area contributed by atoms with Crippen molar-refractivity contribution in [2.75, 3.05) is 19.7 Å². The Morgan fingerprint density at radius 2 is 2.41 bits per heavy atom. The van der Waals surface area contributed by atoms with E-state index in [1.807, 2.05) is 24.3 Å². The van der Waals surface area contributed by atoms with Crippen LogP contribution in [0.1, 0.15) is 5.56 Å². The monoisotopic (exact) mass is 253 g/mol. The summed E-state index contributed by atoms with van der Waals surface area (Å²) < 4.78 is 5.41. The van der Waals surface area contributed by atoms with Gasteiger partial charge in [-0.3, -0.25) is 10.3 Å². The summed E-state index contributed by atoms with van der Waals surface area (Å²) in [6, 6.07) is 7.81. The molecule has 1 saturated heterocycles. The van der Waals surface area contributed by atoms with Crippen molar-refractivity contribution in [1.29, 1.82) is 5.41 Å². The molecule has 17 heavy (non-hydrogen) atoms. The second-order valence-corrected chi connectivity index (χ2v) is 4.62. The van der Waals surface area contributed by atoms with E-state index in [0.717, 1.165) is 18.1 Å². The first-order valence-electron chi connectivity index (χ1n) is 5.57. The molecule has 5 heteroatoms. The van der Waals surface area contributed by atoms with E-state index >= 15 is 0 Å². The van der Waals surface area contributed by atoms with E-state index in [2.05, 4.69) is 4.90 Å². The van der Waals surface area contributed by atoms with Crippen molar-refractivity contribution in [2.24, 2.45) is 5.73 Å². The Morgan fingerprint density at radius 1 is 1.59 bits per heavy atom. The Labute approximate surface area is 106 Å². The van der Waals surface area contributed by atoms with Crippen LogP contribution in [0.15, 0.2) is 24.3 Å². The molecule has 0 saturated carbocycles. The van der Waals surface area contributed by atoms with Gasteiger partial charge in [0.1, 0.15) is 11.9 Å². The van der Waals surface area contributed by atoms with Crippen molar-refractivity contribution in [3.8, 4) is 0 Å². The number of benzene rings is 1. The summed E-state index contributed by atoms with van der Waals surface area (Å²) in [4.78, 5) is 2.22. The van der Waals surface area contributed by atoms with Crippen LogP contribution < -0.4 is 5.73 Å². The lowest BCUT2D eigenvalue weighted by molar-refractivity contribution is 0.00236. The Hall–Kier alpha value is -1.10. The Morgan fingerprint density at radius 3 is 3.12 bits per heavy atom. The molecule has 4 nitrogen and oxygen atoms in total.